The van der Waals surface area contributed by atoms with Crippen LogP contribution in [-0.4, -0.2) is 38.4 Å². The highest BCUT2D eigenvalue weighted by Crippen LogP contribution is 2.39. The van der Waals surface area contributed by atoms with Crippen molar-refractivity contribution in [3.63, 3.8) is 0 Å². The average molecular weight is 502 g/mol. The third-order valence-electron chi connectivity index (χ3n) is 6.15. The monoisotopic (exact) mass is 501 g/mol. The number of aryl methyl sites for hydroxylation is 2. The number of nitrogens with zero attached hydrogens (tertiary/aromatic N) is 4. The predicted octanol–water partition coefficient (Wildman–Crippen LogP) is 5.62. The maximum absolute atomic E-state index is 12.7. The molecule has 0 fully saturated rings. The standard InChI is InChI=1S/C26H23N5O2S2/c1-33-18-11-7-10-17(14-18)27-21(32)15-34-26-30-29-24-22-19-12-5-6-13-20(19)35-25(22)28-23(31(24)26)16-8-3-2-4-9-16/h2-4,7-11,14H,5-6,12-13,15H2,1H3,(H,27,32). The van der Waals surface area contributed by atoms with Crippen LogP contribution in [0.15, 0.2) is 59.8 Å². The number of thiophene rings is 1. The smallest absolute Gasteiger partial charge is 0.234 e. The molecule has 1 aliphatic carbocycles. The fraction of sp³-hybridized carbons (Fsp3) is 0.231. The summed E-state index contributed by atoms with van der Waals surface area (Å²) in [6.45, 7) is 0. The molecule has 35 heavy (non-hydrogen) atoms. The number of rotatable bonds is 6. The molecule has 3 aromatic heterocycles. The lowest BCUT2D eigenvalue weighted by Crippen LogP contribution is -2.14. The van der Waals surface area contributed by atoms with Gasteiger partial charge in [0, 0.05) is 22.2 Å². The second kappa shape index (κ2) is 9.31. The maximum Gasteiger partial charge on any atom is 0.234 e. The number of anilines is 1. The third kappa shape index (κ3) is 4.15. The van der Waals surface area contributed by atoms with Gasteiger partial charge in [-0.2, -0.15) is 0 Å². The molecule has 6 rings (SSSR count). The summed E-state index contributed by atoms with van der Waals surface area (Å²) in [4.78, 5) is 20.2. The Morgan fingerprint density at radius 3 is 2.83 bits per heavy atom. The summed E-state index contributed by atoms with van der Waals surface area (Å²) < 4.78 is 7.26. The van der Waals surface area contributed by atoms with E-state index in [9.17, 15) is 4.79 Å². The highest BCUT2D eigenvalue weighted by molar-refractivity contribution is 7.99. The van der Waals surface area contributed by atoms with Crippen LogP contribution >= 0.6 is 23.1 Å². The van der Waals surface area contributed by atoms with Crippen molar-refractivity contribution in [2.24, 2.45) is 0 Å². The Balaban J connectivity index is 1.38. The van der Waals surface area contributed by atoms with Crippen molar-refractivity contribution in [2.45, 2.75) is 30.8 Å². The van der Waals surface area contributed by atoms with E-state index < -0.39 is 0 Å². The molecule has 5 aromatic rings. The highest BCUT2D eigenvalue weighted by atomic mass is 32.2. The summed E-state index contributed by atoms with van der Waals surface area (Å²) in [6.07, 6.45) is 4.56. The molecule has 1 amide bonds. The van der Waals surface area contributed by atoms with Gasteiger partial charge >= 0.3 is 0 Å². The number of aromatic nitrogens is 4. The molecule has 9 heteroatoms. The number of methoxy groups -OCH3 is 1. The fourth-order valence-electron chi connectivity index (χ4n) is 4.53. The van der Waals surface area contributed by atoms with E-state index in [0.29, 0.717) is 16.6 Å². The third-order valence-corrected chi connectivity index (χ3v) is 8.26. The Morgan fingerprint density at radius 1 is 1.11 bits per heavy atom. The number of fused-ring (bicyclic) bond motifs is 5. The van der Waals surface area contributed by atoms with Gasteiger partial charge in [0.1, 0.15) is 16.4 Å². The molecule has 0 unspecified atom stereocenters. The molecule has 176 valence electrons. The van der Waals surface area contributed by atoms with Crippen molar-refractivity contribution in [1.29, 1.82) is 0 Å². The second-order valence-corrected chi connectivity index (χ2v) is 10.4. The van der Waals surface area contributed by atoms with Crippen LogP contribution in [0.5, 0.6) is 5.75 Å². The Labute approximate surface area is 210 Å². The van der Waals surface area contributed by atoms with E-state index in [1.807, 2.05) is 52.9 Å². The van der Waals surface area contributed by atoms with Gasteiger partial charge in [-0.1, -0.05) is 48.2 Å². The van der Waals surface area contributed by atoms with Crippen molar-refractivity contribution in [2.75, 3.05) is 18.2 Å². The number of hydrogen-bond acceptors (Lipinski definition) is 7. The minimum Gasteiger partial charge on any atom is -0.497 e. The van der Waals surface area contributed by atoms with Crippen LogP contribution in [0.4, 0.5) is 5.69 Å². The number of carbonyl (C=O) groups excluding carboxylic acids is 1. The molecular formula is C26H23N5O2S2. The van der Waals surface area contributed by atoms with Crippen molar-refractivity contribution in [3.05, 3.63) is 65.0 Å². The van der Waals surface area contributed by atoms with E-state index in [1.165, 1.54) is 35.0 Å². The minimum absolute atomic E-state index is 0.122. The molecule has 3 heterocycles. The number of benzene rings is 2. The molecule has 0 radical (unpaired) electrons. The van der Waals surface area contributed by atoms with E-state index in [4.69, 9.17) is 9.72 Å². The van der Waals surface area contributed by atoms with Gasteiger partial charge in [0.05, 0.1) is 18.2 Å². The molecule has 7 nitrogen and oxygen atoms in total. The Morgan fingerprint density at radius 2 is 1.97 bits per heavy atom. The van der Waals surface area contributed by atoms with Crippen molar-refractivity contribution >= 4 is 50.6 Å². The molecule has 0 spiro atoms. The summed E-state index contributed by atoms with van der Waals surface area (Å²) in [5.74, 6) is 1.57. The lowest BCUT2D eigenvalue weighted by molar-refractivity contribution is -0.113. The molecule has 0 aliphatic heterocycles. The summed E-state index contributed by atoms with van der Waals surface area (Å²) in [7, 11) is 1.60. The molecule has 0 saturated heterocycles. The minimum atomic E-state index is -0.122. The first-order valence-corrected chi connectivity index (χ1v) is 13.3. The fourth-order valence-corrected chi connectivity index (χ4v) is 6.52. The Bertz CT molecular complexity index is 1540. The van der Waals surface area contributed by atoms with Gasteiger partial charge < -0.3 is 10.1 Å². The van der Waals surface area contributed by atoms with Gasteiger partial charge in [-0.3, -0.25) is 9.20 Å². The van der Waals surface area contributed by atoms with Crippen LogP contribution in [0.3, 0.4) is 0 Å². The van der Waals surface area contributed by atoms with Gasteiger partial charge in [-0.25, -0.2) is 4.98 Å². The van der Waals surface area contributed by atoms with Gasteiger partial charge in [-0.05, 0) is 43.4 Å². The Kier molecular flexibility index (Phi) is 5.87. The first-order valence-electron chi connectivity index (χ1n) is 11.5. The average Bonchev–Trinajstić information content (AvgIpc) is 3.48. The number of ether oxygens (including phenoxy) is 1. The van der Waals surface area contributed by atoms with Crippen LogP contribution in [0.25, 0.3) is 27.3 Å². The zero-order valence-corrected chi connectivity index (χ0v) is 20.8. The van der Waals surface area contributed by atoms with Crippen LogP contribution in [-0.2, 0) is 17.6 Å². The lowest BCUT2D eigenvalue weighted by atomic mass is 9.97. The van der Waals surface area contributed by atoms with Gasteiger partial charge in [0.2, 0.25) is 5.91 Å². The number of nitrogens with one attached hydrogen (secondary N) is 1. The van der Waals surface area contributed by atoms with Gasteiger partial charge in [0.15, 0.2) is 10.8 Å². The summed E-state index contributed by atoms with van der Waals surface area (Å²) in [5.41, 5.74) is 3.88. The first kappa shape index (κ1) is 22.1. The molecular weight excluding hydrogens is 478 g/mol. The van der Waals surface area contributed by atoms with E-state index in [2.05, 4.69) is 15.5 Å². The molecule has 1 aliphatic rings. The van der Waals surface area contributed by atoms with Crippen molar-refractivity contribution in [1.82, 2.24) is 19.6 Å². The molecule has 2 aromatic carbocycles. The van der Waals surface area contributed by atoms with Crippen molar-refractivity contribution in [3.8, 4) is 17.1 Å². The lowest BCUT2D eigenvalue weighted by Gasteiger charge is -2.11. The predicted molar refractivity (Wildman–Crippen MR) is 141 cm³/mol. The summed E-state index contributed by atoms with van der Waals surface area (Å²) in [5, 5.41) is 13.8. The summed E-state index contributed by atoms with van der Waals surface area (Å²) >= 11 is 3.14. The normalized spacial score (nSPS) is 13.2. The van der Waals surface area contributed by atoms with Crippen molar-refractivity contribution < 1.29 is 9.53 Å². The number of carbonyl (C=O) groups is 1. The van der Waals surface area contributed by atoms with Crippen LogP contribution < -0.4 is 10.1 Å². The van der Waals surface area contributed by atoms with Gasteiger partial charge in [0.25, 0.3) is 0 Å². The topological polar surface area (TPSA) is 81.4 Å². The van der Waals surface area contributed by atoms with Gasteiger partial charge in [-0.15, -0.1) is 21.5 Å². The molecule has 1 N–H and O–H groups in total. The molecule has 0 saturated carbocycles. The van der Waals surface area contributed by atoms with E-state index in [1.54, 1.807) is 24.5 Å². The van der Waals surface area contributed by atoms with Crippen LogP contribution in [0, 0.1) is 0 Å². The zero-order chi connectivity index (χ0) is 23.8. The van der Waals surface area contributed by atoms with E-state index in [0.717, 1.165) is 40.1 Å². The maximum atomic E-state index is 12.7. The number of amides is 1. The second-order valence-electron chi connectivity index (χ2n) is 8.40. The molecule has 0 bridgehead atoms. The van der Waals surface area contributed by atoms with Crippen LogP contribution in [0.2, 0.25) is 0 Å². The van der Waals surface area contributed by atoms with E-state index >= 15 is 0 Å². The largest absolute Gasteiger partial charge is 0.497 e. The quantitative estimate of drug-likeness (QED) is 0.304. The number of hydrogen-bond donors (Lipinski definition) is 1. The Hall–Kier alpha value is -3.43. The SMILES string of the molecule is COc1cccc(NC(=O)CSc2nnc3c4c5c(sc4nc(-c4ccccc4)n23)CCCC5)c1. The zero-order valence-electron chi connectivity index (χ0n) is 19.2. The van der Waals surface area contributed by atoms with E-state index in [-0.39, 0.29) is 11.7 Å². The summed E-state index contributed by atoms with van der Waals surface area (Å²) in [6, 6.07) is 17.4. The first-order chi connectivity index (χ1) is 17.2. The van der Waals surface area contributed by atoms with Crippen LogP contribution in [0.1, 0.15) is 23.3 Å². The highest BCUT2D eigenvalue weighted by Gasteiger charge is 2.24. The molecule has 0 atom stereocenters. The number of thioether (sulfide) groups is 1.